The van der Waals surface area contributed by atoms with Gasteiger partial charge in [-0.15, -0.1) is 23.2 Å². The Kier molecular flexibility index (Phi) is 10.5. The van der Waals surface area contributed by atoms with Gasteiger partial charge < -0.3 is 0 Å². The summed E-state index contributed by atoms with van der Waals surface area (Å²) < 4.78 is 0. The van der Waals surface area contributed by atoms with Crippen LogP contribution in [-0.4, -0.2) is 5.34 Å². The number of halogens is 2. The molecule has 0 saturated heterocycles. The first-order chi connectivity index (χ1) is 10.9. The van der Waals surface area contributed by atoms with E-state index >= 15 is 0 Å². The van der Waals surface area contributed by atoms with Crippen LogP contribution in [0.1, 0.15) is 0 Å². The Morgan fingerprint density at radius 1 is 0.522 bits per heavy atom. The second-order valence-electron chi connectivity index (χ2n) is 4.44. The Morgan fingerprint density at radius 2 is 0.739 bits per heavy atom. The van der Waals surface area contributed by atoms with Crippen molar-refractivity contribution in [2.75, 3.05) is 5.34 Å². The summed E-state index contributed by atoms with van der Waals surface area (Å²) in [7, 11) is -0.446. The van der Waals surface area contributed by atoms with Crippen LogP contribution in [0.4, 0.5) is 0 Å². The van der Waals surface area contributed by atoms with E-state index in [1.807, 2.05) is 0 Å². The summed E-state index contributed by atoms with van der Waals surface area (Å²) in [6.45, 7) is 0. The Labute approximate surface area is 163 Å². The van der Waals surface area contributed by atoms with Crippen LogP contribution in [0.15, 0.2) is 91.0 Å². The first-order valence-corrected chi connectivity index (χ1v) is 9.35. The van der Waals surface area contributed by atoms with Gasteiger partial charge in [-0.2, -0.15) is 0 Å². The van der Waals surface area contributed by atoms with Crippen molar-refractivity contribution in [1.29, 1.82) is 0 Å². The maximum absolute atomic E-state index is 4.76. The van der Waals surface area contributed by atoms with Crippen molar-refractivity contribution < 1.29 is 20.4 Å². The molecule has 0 fully saturated rings. The van der Waals surface area contributed by atoms with Crippen LogP contribution in [0.5, 0.6) is 0 Å². The molecule has 0 aliphatic carbocycles. The number of alkyl halides is 2. The number of hydrogen-bond acceptors (Lipinski definition) is 0. The Hall–Kier alpha value is -0.668. The van der Waals surface area contributed by atoms with E-state index < -0.39 is 7.92 Å². The maximum Gasteiger partial charge on any atom is 0.0967 e. The topological polar surface area (TPSA) is 0 Å². The molecule has 122 valence electrons. The second-order valence-corrected chi connectivity index (χ2v) is 7.47. The van der Waals surface area contributed by atoms with Gasteiger partial charge >= 0.3 is 0 Å². The fourth-order valence-electron chi connectivity index (χ4n) is 2.18. The molecule has 0 atom stereocenters. The summed E-state index contributed by atoms with van der Waals surface area (Å²) in [6.07, 6.45) is 0. The van der Waals surface area contributed by atoms with Crippen molar-refractivity contribution in [3.8, 4) is 0 Å². The SMILES string of the molecule is ClCCl.[Pd].c1ccc(P(c2ccccc2)c2ccccc2)cc1. The Balaban J connectivity index is 0.000000615. The summed E-state index contributed by atoms with van der Waals surface area (Å²) >= 11 is 9.53. The minimum atomic E-state index is -0.446. The monoisotopic (exact) mass is 452 g/mol. The van der Waals surface area contributed by atoms with Gasteiger partial charge in [-0.3, -0.25) is 0 Å². The van der Waals surface area contributed by atoms with Gasteiger partial charge in [0, 0.05) is 20.4 Å². The zero-order chi connectivity index (χ0) is 15.6. The number of hydrogen-bond donors (Lipinski definition) is 0. The fourth-order valence-corrected chi connectivity index (χ4v) is 4.48. The summed E-state index contributed by atoms with van der Waals surface area (Å²) in [5, 5.41) is 4.39. The van der Waals surface area contributed by atoms with Crippen molar-refractivity contribution in [2.24, 2.45) is 0 Å². The normalized spacial score (nSPS) is 9.52. The Morgan fingerprint density at radius 3 is 0.957 bits per heavy atom. The van der Waals surface area contributed by atoms with E-state index in [4.69, 9.17) is 23.2 Å². The first kappa shape index (κ1) is 20.4. The van der Waals surface area contributed by atoms with Crippen LogP contribution in [0, 0.1) is 0 Å². The molecule has 0 bridgehead atoms. The molecule has 0 unspecified atom stereocenters. The third kappa shape index (κ3) is 6.39. The molecule has 3 rings (SSSR count). The summed E-state index contributed by atoms with van der Waals surface area (Å²) in [6, 6.07) is 32.3. The average molecular weight is 454 g/mol. The molecule has 3 aromatic rings. The van der Waals surface area contributed by atoms with E-state index in [1.54, 1.807) is 0 Å². The molecule has 0 aromatic heterocycles. The van der Waals surface area contributed by atoms with E-state index in [0.717, 1.165) is 0 Å². The van der Waals surface area contributed by atoms with Crippen LogP contribution < -0.4 is 15.9 Å². The molecular weight excluding hydrogens is 437 g/mol. The van der Waals surface area contributed by atoms with Crippen LogP contribution in [0.2, 0.25) is 0 Å². The van der Waals surface area contributed by atoms with Gasteiger partial charge in [0.15, 0.2) is 0 Å². The third-order valence-electron chi connectivity index (χ3n) is 3.04. The van der Waals surface area contributed by atoms with Crippen molar-refractivity contribution in [3.63, 3.8) is 0 Å². The molecule has 0 aliphatic heterocycles. The molecule has 0 spiro atoms. The average Bonchev–Trinajstić information content (AvgIpc) is 2.59. The standard InChI is InChI=1S/C18H15P.CH2Cl2.Pd/c1-4-10-16(11-5-1)19(17-12-6-2-7-13-17)18-14-8-3-9-15-18;2-1-3;/h1-15H;1H2;. The predicted molar refractivity (Wildman–Crippen MR) is 102 cm³/mol. The predicted octanol–water partition coefficient (Wildman–Crippen LogP) is 4.86. The van der Waals surface area contributed by atoms with Gasteiger partial charge in [-0.05, 0) is 23.8 Å². The minimum Gasteiger partial charge on any atom is -0.109 e. The minimum absolute atomic E-state index is 0. The molecule has 0 amide bonds. The second kappa shape index (κ2) is 11.8. The first-order valence-electron chi connectivity index (χ1n) is 6.94. The van der Waals surface area contributed by atoms with Gasteiger partial charge in [-0.25, -0.2) is 0 Å². The van der Waals surface area contributed by atoms with Gasteiger partial charge in [0.1, 0.15) is 0 Å². The van der Waals surface area contributed by atoms with Crippen LogP contribution in [-0.2, 0) is 20.4 Å². The molecule has 3 aromatic carbocycles. The van der Waals surface area contributed by atoms with Crippen LogP contribution >= 0.6 is 31.1 Å². The van der Waals surface area contributed by atoms with Crippen molar-refractivity contribution in [2.45, 2.75) is 0 Å². The van der Waals surface area contributed by atoms with E-state index in [0.29, 0.717) is 0 Å². The zero-order valence-corrected chi connectivity index (χ0v) is 16.3. The third-order valence-corrected chi connectivity index (χ3v) is 5.49. The Bertz CT molecular complexity index is 554. The van der Waals surface area contributed by atoms with Crippen molar-refractivity contribution in [3.05, 3.63) is 91.0 Å². The quantitative estimate of drug-likeness (QED) is 0.302. The molecule has 0 aliphatic rings. The fraction of sp³-hybridized carbons (Fsp3) is 0.0526. The molecular formula is C19H17Cl2PPd. The van der Waals surface area contributed by atoms with E-state index in [-0.39, 0.29) is 25.8 Å². The van der Waals surface area contributed by atoms with E-state index in [1.165, 1.54) is 15.9 Å². The number of benzene rings is 3. The summed E-state index contributed by atoms with van der Waals surface area (Å²) in [5.41, 5.74) is 0. The van der Waals surface area contributed by atoms with Gasteiger partial charge in [0.05, 0.1) is 5.34 Å². The molecule has 0 radical (unpaired) electrons. The summed E-state index contributed by atoms with van der Waals surface area (Å²) in [4.78, 5) is 0. The largest absolute Gasteiger partial charge is 0.109 e. The van der Waals surface area contributed by atoms with Crippen LogP contribution in [0.25, 0.3) is 0 Å². The van der Waals surface area contributed by atoms with Crippen molar-refractivity contribution in [1.82, 2.24) is 0 Å². The molecule has 0 N–H and O–H groups in total. The van der Waals surface area contributed by atoms with E-state index in [2.05, 4.69) is 91.0 Å². The summed E-state index contributed by atoms with van der Waals surface area (Å²) in [5.74, 6) is 0. The molecule has 0 nitrogen and oxygen atoms in total. The molecule has 4 heteroatoms. The number of rotatable bonds is 3. The van der Waals surface area contributed by atoms with Crippen molar-refractivity contribution >= 4 is 47.0 Å². The smallest absolute Gasteiger partial charge is 0.0967 e. The molecule has 0 heterocycles. The zero-order valence-electron chi connectivity index (χ0n) is 12.4. The van der Waals surface area contributed by atoms with E-state index in [9.17, 15) is 0 Å². The van der Waals surface area contributed by atoms with Gasteiger partial charge in [0.2, 0.25) is 0 Å². The maximum atomic E-state index is 4.76. The molecule has 0 saturated carbocycles. The van der Waals surface area contributed by atoms with Gasteiger partial charge in [-0.1, -0.05) is 91.0 Å². The van der Waals surface area contributed by atoms with Gasteiger partial charge in [0.25, 0.3) is 0 Å². The molecule has 23 heavy (non-hydrogen) atoms. The van der Waals surface area contributed by atoms with Crippen LogP contribution in [0.3, 0.4) is 0 Å².